The van der Waals surface area contributed by atoms with E-state index in [-0.39, 0.29) is 0 Å². The molecule has 0 fully saturated rings. The molecule has 0 radical (unpaired) electrons. The zero-order chi connectivity index (χ0) is 10.3. The molecule has 2 nitrogen and oxygen atoms in total. The van der Waals surface area contributed by atoms with Crippen molar-refractivity contribution in [2.24, 2.45) is 4.99 Å². The van der Waals surface area contributed by atoms with Gasteiger partial charge in [0, 0.05) is 24.8 Å². The van der Waals surface area contributed by atoms with Gasteiger partial charge in [-0.1, -0.05) is 6.08 Å². The molecule has 0 aromatic rings. The van der Waals surface area contributed by atoms with Crippen LogP contribution in [0.2, 0.25) is 0 Å². The van der Waals surface area contributed by atoms with Crippen LogP contribution in [0.15, 0.2) is 17.1 Å². The Labute approximate surface area is 82.4 Å². The third-order valence-electron chi connectivity index (χ3n) is 2.01. The number of hydrogen-bond donors (Lipinski definition) is 0. The zero-order valence-electron chi connectivity index (χ0n) is 9.54. The van der Waals surface area contributed by atoms with Crippen LogP contribution in [0.4, 0.5) is 0 Å². The van der Waals surface area contributed by atoms with Gasteiger partial charge in [0.25, 0.3) is 0 Å². The maximum absolute atomic E-state index is 4.42. The summed E-state index contributed by atoms with van der Waals surface area (Å²) in [5, 5.41) is 0. The van der Waals surface area contributed by atoms with E-state index in [4.69, 9.17) is 0 Å². The summed E-state index contributed by atoms with van der Waals surface area (Å²) in [7, 11) is 2.12. The highest BCUT2D eigenvalue weighted by Crippen LogP contribution is 1.95. The second kappa shape index (κ2) is 6.84. The standard InChI is InChI=1S/C11H22N2/c1-6-8-11(12-7-2)9-13(5)10(3)4/h6,8,10H,7,9H2,1-5H3/b8-6-,12-11?. The Balaban J connectivity index is 4.18. The molecular formula is C11H22N2. The molecule has 13 heavy (non-hydrogen) atoms. The maximum atomic E-state index is 4.42. The topological polar surface area (TPSA) is 15.6 Å². The van der Waals surface area contributed by atoms with Crippen molar-refractivity contribution in [3.63, 3.8) is 0 Å². The lowest BCUT2D eigenvalue weighted by Crippen LogP contribution is -2.31. The molecule has 0 saturated carbocycles. The van der Waals surface area contributed by atoms with E-state index in [1.165, 1.54) is 5.71 Å². The second-order valence-electron chi connectivity index (χ2n) is 3.47. The van der Waals surface area contributed by atoms with Crippen molar-refractivity contribution in [1.82, 2.24) is 4.90 Å². The van der Waals surface area contributed by atoms with Gasteiger partial charge >= 0.3 is 0 Å². The van der Waals surface area contributed by atoms with Crippen molar-refractivity contribution in [1.29, 1.82) is 0 Å². The molecule has 0 N–H and O–H groups in total. The molecule has 0 unspecified atom stereocenters. The Kier molecular flexibility index (Phi) is 6.51. The highest BCUT2D eigenvalue weighted by atomic mass is 15.1. The molecule has 2 heteroatoms. The third-order valence-corrected chi connectivity index (χ3v) is 2.01. The van der Waals surface area contributed by atoms with Gasteiger partial charge in [0.05, 0.1) is 0 Å². The summed E-state index contributed by atoms with van der Waals surface area (Å²) in [5.41, 5.74) is 1.17. The van der Waals surface area contributed by atoms with Crippen LogP contribution >= 0.6 is 0 Å². The second-order valence-corrected chi connectivity index (χ2v) is 3.47. The molecule has 0 saturated heterocycles. The maximum Gasteiger partial charge on any atom is 0.0485 e. The van der Waals surface area contributed by atoms with Gasteiger partial charge in [0.15, 0.2) is 0 Å². The van der Waals surface area contributed by atoms with E-state index in [0.29, 0.717) is 6.04 Å². The molecule has 0 aliphatic carbocycles. The number of nitrogens with zero attached hydrogens (tertiary/aromatic N) is 2. The molecule has 76 valence electrons. The lowest BCUT2D eigenvalue weighted by molar-refractivity contribution is 0.312. The van der Waals surface area contributed by atoms with E-state index in [1.54, 1.807) is 0 Å². The van der Waals surface area contributed by atoms with E-state index in [9.17, 15) is 0 Å². The van der Waals surface area contributed by atoms with Crippen molar-refractivity contribution in [3.05, 3.63) is 12.2 Å². The highest BCUT2D eigenvalue weighted by Gasteiger charge is 2.04. The molecule has 0 aromatic heterocycles. The van der Waals surface area contributed by atoms with Crippen LogP contribution in [0.1, 0.15) is 27.7 Å². The van der Waals surface area contributed by atoms with Crippen LogP contribution in [-0.2, 0) is 0 Å². The minimum absolute atomic E-state index is 0.576. The Bertz CT molecular complexity index is 181. The molecule has 0 aliphatic rings. The summed E-state index contributed by atoms with van der Waals surface area (Å²) < 4.78 is 0. The number of rotatable bonds is 5. The minimum atomic E-state index is 0.576. The van der Waals surface area contributed by atoms with Crippen LogP contribution in [-0.4, -0.2) is 36.8 Å². The first-order valence-electron chi connectivity index (χ1n) is 4.98. The third kappa shape index (κ3) is 5.58. The predicted octanol–water partition coefficient (Wildman–Crippen LogP) is 2.36. The summed E-state index contributed by atoms with van der Waals surface area (Å²) in [6.07, 6.45) is 4.13. The summed E-state index contributed by atoms with van der Waals surface area (Å²) in [4.78, 5) is 6.71. The van der Waals surface area contributed by atoms with Crippen LogP contribution in [0.5, 0.6) is 0 Å². The summed E-state index contributed by atoms with van der Waals surface area (Å²) in [5.74, 6) is 0. The van der Waals surface area contributed by atoms with E-state index in [2.05, 4.69) is 43.8 Å². The van der Waals surface area contributed by atoms with Crippen LogP contribution in [0.3, 0.4) is 0 Å². The highest BCUT2D eigenvalue weighted by molar-refractivity contribution is 5.96. The fourth-order valence-corrected chi connectivity index (χ4v) is 0.989. The number of aliphatic imine (C=N–C) groups is 1. The van der Waals surface area contributed by atoms with Gasteiger partial charge < -0.3 is 0 Å². The minimum Gasteiger partial charge on any atom is -0.298 e. The monoisotopic (exact) mass is 182 g/mol. The van der Waals surface area contributed by atoms with Crippen molar-refractivity contribution >= 4 is 5.71 Å². The molecule has 0 bridgehead atoms. The molecule has 0 heterocycles. The number of allylic oxidation sites excluding steroid dienone is 1. The number of hydrogen-bond acceptors (Lipinski definition) is 2. The molecule has 0 amide bonds. The normalized spacial score (nSPS) is 13.6. The lowest BCUT2D eigenvalue weighted by atomic mass is 10.2. The smallest absolute Gasteiger partial charge is 0.0485 e. The molecule has 0 aromatic carbocycles. The van der Waals surface area contributed by atoms with E-state index < -0.39 is 0 Å². The van der Waals surface area contributed by atoms with Gasteiger partial charge in [-0.3, -0.25) is 9.89 Å². The molecule has 0 spiro atoms. The van der Waals surface area contributed by atoms with Gasteiger partial charge in [0.1, 0.15) is 0 Å². The van der Waals surface area contributed by atoms with E-state index >= 15 is 0 Å². The van der Waals surface area contributed by atoms with Crippen LogP contribution in [0, 0.1) is 0 Å². The fourth-order valence-electron chi connectivity index (χ4n) is 0.989. The zero-order valence-corrected chi connectivity index (χ0v) is 9.54. The van der Waals surface area contributed by atoms with Gasteiger partial charge in [-0.15, -0.1) is 0 Å². The predicted molar refractivity (Wildman–Crippen MR) is 60.6 cm³/mol. The van der Waals surface area contributed by atoms with Gasteiger partial charge in [0.2, 0.25) is 0 Å². The quantitative estimate of drug-likeness (QED) is 0.596. The summed E-state index contributed by atoms with van der Waals surface area (Å²) in [6.45, 7) is 10.3. The van der Waals surface area contributed by atoms with Crippen molar-refractivity contribution < 1.29 is 0 Å². The molecule has 0 atom stereocenters. The average Bonchev–Trinajstić information content (AvgIpc) is 2.05. The lowest BCUT2D eigenvalue weighted by Gasteiger charge is -2.20. The van der Waals surface area contributed by atoms with Gasteiger partial charge in [-0.2, -0.15) is 0 Å². The van der Waals surface area contributed by atoms with E-state index in [1.807, 2.05) is 13.0 Å². The van der Waals surface area contributed by atoms with E-state index in [0.717, 1.165) is 13.1 Å². The van der Waals surface area contributed by atoms with Crippen molar-refractivity contribution in [3.8, 4) is 0 Å². The SMILES string of the molecule is C/C=C\C(CN(C)C(C)C)=NCC. The van der Waals surface area contributed by atoms with Gasteiger partial charge in [-0.05, 0) is 40.8 Å². The van der Waals surface area contributed by atoms with Crippen LogP contribution < -0.4 is 0 Å². The molecule has 0 aliphatic heterocycles. The fraction of sp³-hybridized carbons (Fsp3) is 0.727. The molecular weight excluding hydrogens is 160 g/mol. The van der Waals surface area contributed by atoms with Crippen molar-refractivity contribution in [2.45, 2.75) is 33.7 Å². The average molecular weight is 182 g/mol. The Hall–Kier alpha value is -0.630. The van der Waals surface area contributed by atoms with Crippen LogP contribution in [0.25, 0.3) is 0 Å². The molecule has 0 rings (SSSR count). The summed E-state index contributed by atoms with van der Waals surface area (Å²) >= 11 is 0. The van der Waals surface area contributed by atoms with Crippen molar-refractivity contribution in [2.75, 3.05) is 20.1 Å². The Morgan fingerprint density at radius 2 is 2.08 bits per heavy atom. The Morgan fingerprint density at radius 3 is 2.46 bits per heavy atom. The first kappa shape index (κ1) is 12.4. The first-order valence-corrected chi connectivity index (χ1v) is 4.98. The first-order chi connectivity index (χ1) is 6.11. The summed E-state index contributed by atoms with van der Waals surface area (Å²) in [6, 6.07) is 0.576. The Morgan fingerprint density at radius 1 is 1.46 bits per heavy atom. The van der Waals surface area contributed by atoms with Gasteiger partial charge in [-0.25, -0.2) is 0 Å². The largest absolute Gasteiger partial charge is 0.298 e.